The second-order valence-corrected chi connectivity index (χ2v) is 5.82. The summed E-state index contributed by atoms with van der Waals surface area (Å²) in [6, 6.07) is 17.8. The molecule has 0 aliphatic heterocycles. The van der Waals surface area contributed by atoms with Crippen LogP contribution in [0.25, 0.3) is 16.2 Å². The lowest BCUT2D eigenvalue weighted by Crippen LogP contribution is -1.95. The van der Waals surface area contributed by atoms with Crippen LogP contribution in [-0.2, 0) is 0 Å². The Morgan fingerprint density at radius 1 is 1.09 bits per heavy atom. The second-order valence-electron chi connectivity index (χ2n) is 4.87. The highest BCUT2D eigenvalue weighted by Gasteiger charge is 2.17. The first-order chi connectivity index (χ1) is 11.4. The topological polar surface area (TPSA) is 66.0 Å². The highest BCUT2D eigenvalue weighted by Crippen LogP contribution is 2.28. The maximum Gasteiger partial charge on any atom is 0.175 e. The lowest BCUT2D eigenvalue weighted by atomic mass is 10.3. The highest BCUT2D eigenvalue weighted by atomic mass is 32.1. The summed E-state index contributed by atoms with van der Waals surface area (Å²) in [6.07, 6.45) is 1.71. The molecular formula is C17H11N5S. The molecule has 1 N–H and O–H groups in total. The van der Waals surface area contributed by atoms with Crippen LogP contribution in [0.5, 0.6) is 0 Å². The molecule has 0 bridgehead atoms. The van der Waals surface area contributed by atoms with E-state index < -0.39 is 0 Å². The Morgan fingerprint density at radius 2 is 1.96 bits per heavy atom. The van der Waals surface area contributed by atoms with Gasteiger partial charge in [-0.15, -0.1) is 16.4 Å². The van der Waals surface area contributed by atoms with E-state index in [4.69, 9.17) is 0 Å². The fourth-order valence-corrected chi connectivity index (χ4v) is 3.14. The number of anilines is 2. The molecule has 23 heavy (non-hydrogen) atoms. The third kappa shape index (κ3) is 2.33. The minimum Gasteiger partial charge on any atom is -0.338 e. The number of nitrogens with zero attached hydrogens (tertiary/aromatic N) is 4. The first kappa shape index (κ1) is 13.5. The van der Waals surface area contributed by atoms with Gasteiger partial charge in [0.15, 0.2) is 11.5 Å². The van der Waals surface area contributed by atoms with E-state index in [1.165, 1.54) is 0 Å². The van der Waals surface area contributed by atoms with E-state index >= 15 is 0 Å². The number of fused-ring (bicyclic) bond motifs is 1. The SMILES string of the molecule is N#Cc1c(Nc2ccccc2)nn2c(-c3cccs3)ccnc12. The maximum atomic E-state index is 9.52. The van der Waals surface area contributed by atoms with E-state index in [1.807, 2.05) is 53.9 Å². The van der Waals surface area contributed by atoms with Gasteiger partial charge in [0.25, 0.3) is 0 Å². The Balaban J connectivity index is 1.89. The molecule has 0 fully saturated rings. The Morgan fingerprint density at radius 3 is 2.70 bits per heavy atom. The van der Waals surface area contributed by atoms with E-state index in [9.17, 15) is 5.26 Å². The molecule has 0 saturated heterocycles. The van der Waals surface area contributed by atoms with Gasteiger partial charge in [0.1, 0.15) is 11.6 Å². The van der Waals surface area contributed by atoms with Crippen molar-refractivity contribution in [2.24, 2.45) is 0 Å². The summed E-state index contributed by atoms with van der Waals surface area (Å²) in [4.78, 5) is 5.41. The molecule has 0 radical (unpaired) electrons. The van der Waals surface area contributed by atoms with Crippen molar-refractivity contribution in [3.63, 3.8) is 0 Å². The molecule has 0 spiro atoms. The van der Waals surface area contributed by atoms with E-state index in [2.05, 4.69) is 21.5 Å². The van der Waals surface area contributed by atoms with Crippen molar-refractivity contribution in [1.29, 1.82) is 5.26 Å². The molecule has 6 heteroatoms. The Bertz CT molecular complexity index is 997. The molecule has 4 aromatic rings. The molecule has 110 valence electrons. The fraction of sp³-hybridized carbons (Fsp3) is 0. The summed E-state index contributed by atoms with van der Waals surface area (Å²) in [6.45, 7) is 0. The van der Waals surface area contributed by atoms with Gasteiger partial charge in [-0.1, -0.05) is 24.3 Å². The molecule has 3 aromatic heterocycles. The molecule has 5 nitrogen and oxygen atoms in total. The molecule has 0 saturated carbocycles. The van der Waals surface area contributed by atoms with Gasteiger partial charge in [0, 0.05) is 11.9 Å². The first-order valence-electron chi connectivity index (χ1n) is 7.00. The average Bonchev–Trinajstić information content (AvgIpc) is 3.22. The number of nitrogens with one attached hydrogen (secondary N) is 1. The van der Waals surface area contributed by atoms with E-state index in [0.717, 1.165) is 16.3 Å². The third-order valence-corrected chi connectivity index (χ3v) is 4.33. The van der Waals surface area contributed by atoms with Crippen molar-refractivity contribution >= 4 is 28.5 Å². The zero-order valence-electron chi connectivity index (χ0n) is 12.0. The Kier molecular flexibility index (Phi) is 3.26. The zero-order valence-corrected chi connectivity index (χ0v) is 12.8. The fourth-order valence-electron chi connectivity index (χ4n) is 2.40. The monoisotopic (exact) mass is 317 g/mol. The van der Waals surface area contributed by atoms with E-state index in [-0.39, 0.29) is 0 Å². The van der Waals surface area contributed by atoms with Gasteiger partial charge in [0.05, 0.1) is 10.6 Å². The van der Waals surface area contributed by atoms with Gasteiger partial charge in [-0.05, 0) is 29.6 Å². The van der Waals surface area contributed by atoms with Crippen LogP contribution in [0.15, 0.2) is 60.1 Å². The predicted octanol–water partition coefficient (Wildman–Crippen LogP) is 4.07. The number of nitriles is 1. The molecule has 1 aromatic carbocycles. The normalized spacial score (nSPS) is 10.6. The van der Waals surface area contributed by atoms with E-state index in [0.29, 0.717) is 17.0 Å². The number of rotatable bonds is 3. The number of aromatic nitrogens is 3. The van der Waals surface area contributed by atoms with Gasteiger partial charge in [-0.2, -0.15) is 5.26 Å². The summed E-state index contributed by atoms with van der Waals surface area (Å²) < 4.78 is 1.72. The van der Waals surface area contributed by atoms with Gasteiger partial charge in [-0.25, -0.2) is 9.50 Å². The lowest BCUT2D eigenvalue weighted by molar-refractivity contribution is 0.954. The quantitative estimate of drug-likeness (QED) is 0.618. The van der Waals surface area contributed by atoms with Crippen LogP contribution in [0.3, 0.4) is 0 Å². The molecule has 0 aliphatic rings. The van der Waals surface area contributed by atoms with Crippen LogP contribution in [0, 0.1) is 11.3 Å². The number of hydrogen-bond donors (Lipinski definition) is 1. The van der Waals surface area contributed by atoms with Crippen molar-refractivity contribution in [2.45, 2.75) is 0 Å². The number of hydrogen-bond acceptors (Lipinski definition) is 5. The number of benzene rings is 1. The van der Waals surface area contributed by atoms with Gasteiger partial charge >= 0.3 is 0 Å². The smallest absolute Gasteiger partial charge is 0.175 e. The standard InChI is InChI=1S/C17H11N5S/c18-11-13-16(20-12-5-2-1-3-6-12)21-22-14(8-9-19-17(13)22)15-7-4-10-23-15/h1-10H,(H,20,21). The van der Waals surface area contributed by atoms with Crippen LogP contribution in [0.1, 0.15) is 5.56 Å². The molecule has 0 unspecified atom stereocenters. The van der Waals surface area contributed by atoms with Crippen molar-refractivity contribution in [2.75, 3.05) is 5.32 Å². The molecule has 0 atom stereocenters. The first-order valence-corrected chi connectivity index (χ1v) is 7.88. The second kappa shape index (κ2) is 5.55. The zero-order chi connectivity index (χ0) is 15.6. The van der Waals surface area contributed by atoms with Crippen LogP contribution in [0.4, 0.5) is 11.5 Å². The van der Waals surface area contributed by atoms with E-state index in [1.54, 1.807) is 22.0 Å². The molecular weight excluding hydrogens is 306 g/mol. The molecule has 0 amide bonds. The predicted molar refractivity (Wildman–Crippen MR) is 90.7 cm³/mol. The Hall–Kier alpha value is -3.17. The highest BCUT2D eigenvalue weighted by molar-refractivity contribution is 7.13. The van der Waals surface area contributed by atoms with Crippen LogP contribution < -0.4 is 5.32 Å². The van der Waals surface area contributed by atoms with Crippen LogP contribution in [0.2, 0.25) is 0 Å². The summed E-state index contributed by atoms with van der Waals surface area (Å²) in [5.41, 5.74) is 2.79. The van der Waals surface area contributed by atoms with Gasteiger partial charge in [-0.3, -0.25) is 0 Å². The summed E-state index contributed by atoms with van der Waals surface area (Å²) >= 11 is 1.63. The van der Waals surface area contributed by atoms with Gasteiger partial charge < -0.3 is 5.32 Å². The summed E-state index contributed by atoms with van der Waals surface area (Å²) in [5.74, 6) is 0.509. The minimum atomic E-state index is 0.437. The summed E-state index contributed by atoms with van der Waals surface area (Å²) in [5, 5.41) is 19.3. The molecule has 0 aliphatic carbocycles. The van der Waals surface area contributed by atoms with Crippen LogP contribution in [-0.4, -0.2) is 14.6 Å². The Labute approximate surface area is 136 Å². The lowest BCUT2D eigenvalue weighted by Gasteiger charge is -2.02. The number of thiophene rings is 1. The van der Waals surface area contributed by atoms with Crippen LogP contribution >= 0.6 is 11.3 Å². The molecule has 4 rings (SSSR count). The number of para-hydroxylation sites is 1. The van der Waals surface area contributed by atoms with Crippen molar-refractivity contribution in [3.8, 4) is 16.6 Å². The van der Waals surface area contributed by atoms with Crippen molar-refractivity contribution in [3.05, 3.63) is 65.7 Å². The third-order valence-electron chi connectivity index (χ3n) is 3.44. The largest absolute Gasteiger partial charge is 0.338 e. The molecule has 3 heterocycles. The summed E-state index contributed by atoms with van der Waals surface area (Å²) in [7, 11) is 0. The van der Waals surface area contributed by atoms with Crippen molar-refractivity contribution < 1.29 is 0 Å². The average molecular weight is 317 g/mol. The maximum absolute atomic E-state index is 9.52. The van der Waals surface area contributed by atoms with Gasteiger partial charge in [0.2, 0.25) is 0 Å². The minimum absolute atomic E-state index is 0.437. The van der Waals surface area contributed by atoms with Crippen molar-refractivity contribution in [1.82, 2.24) is 14.6 Å².